The zero-order valence-corrected chi connectivity index (χ0v) is 11.2. The van der Waals surface area contributed by atoms with E-state index in [0.29, 0.717) is 25.4 Å². The van der Waals surface area contributed by atoms with Gasteiger partial charge in [-0.25, -0.2) is 8.42 Å². The van der Waals surface area contributed by atoms with Crippen LogP contribution in [0.1, 0.15) is 12.5 Å². The van der Waals surface area contributed by atoms with Gasteiger partial charge in [-0.05, 0) is 24.6 Å². The van der Waals surface area contributed by atoms with E-state index < -0.39 is 10.0 Å². The predicted molar refractivity (Wildman–Crippen MR) is 70.5 cm³/mol. The molecule has 0 unspecified atom stereocenters. The van der Waals surface area contributed by atoms with Crippen LogP contribution in [0.25, 0.3) is 0 Å². The lowest BCUT2D eigenvalue weighted by Gasteiger charge is -2.32. The minimum atomic E-state index is -3.29. The van der Waals surface area contributed by atoms with E-state index in [2.05, 4.69) is 0 Å². The van der Waals surface area contributed by atoms with Crippen LogP contribution in [0.4, 0.5) is 5.69 Å². The Morgan fingerprint density at radius 2 is 2.06 bits per heavy atom. The monoisotopic (exact) mass is 270 g/mol. The van der Waals surface area contributed by atoms with Crippen LogP contribution in [0.2, 0.25) is 0 Å². The lowest BCUT2D eigenvalue weighted by molar-refractivity contribution is 0.0392. The van der Waals surface area contributed by atoms with Crippen molar-refractivity contribution in [3.8, 4) is 0 Å². The van der Waals surface area contributed by atoms with Crippen LogP contribution in [0, 0.1) is 0 Å². The molecule has 0 bridgehead atoms. The van der Waals surface area contributed by atoms with Gasteiger partial charge in [0.25, 0.3) is 0 Å². The van der Waals surface area contributed by atoms with E-state index in [1.165, 1.54) is 4.31 Å². The molecule has 0 aromatic heterocycles. The van der Waals surface area contributed by atoms with Crippen molar-refractivity contribution >= 4 is 15.7 Å². The maximum atomic E-state index is 12.3. The van der Waals surface area contributed by atoms with E-state index in [-0.39, 0.29) is 11.8 Å². The van der Waals surface area contributed by atoms with Gasteiger partial charge in [-0.3, -0.25) is 0 Å². The highest BCUT2D eigenvalue weighted by Crippen LogP contribution is 2.17. The van der Waals surface area contributed by atoms with Gasteiger partial charge in [-0.15, -0.1) is 0 Å². The van der Waals surface area contributed by atoms with Gasteiger partial charge in [0.1, 0.15) is 0 Å². The summed E-state index contributed by atoms with van der Waals surface area (Å²) in [5.41, 5.74) is 6.97. The average Bonchev–Trinajstić information content (AvgIpc) is 2.32. The van der Waals surface area contributed by atoms with Gasteiger partial charge < -0.3 is 10.5 Å². The minimum Gasteiger partial charge on any atom is -0.399 e. The van der Waals surface area contributed by atoms with Gasteiger partial charge in [0.05, 0.1) is 19.0 Å². The molecule has 6 heteroatoms. The molecule has 1 saturated heterocycles. The van der Waals surface area contributed by atoms with Gasteiger partial charge in [-0.1, -0.05) is 12.1 Å². The molecule has 0 saturated carbocycles. The average molecular weight is 270 g/mol. The summed E-state index contributed by atoms with van der Waals surface area (Å²) in [6, 6.07) is 6.83. The Kier molecular flexibility index (Phi) is 3.89. The Hall–Kier alpha value is -1.11. The van der Waals surface area contributed by atoms with Crippen LogP contribution in [0.3, 0.4) is 0 Å². The first-order valence-corrected chi connectivity index (χ1v) is 7.51. The Balaban J connectivity index is 2.13. The summed E-state index contributed by atoms with van der Waals surface area (Å²) in [4.78, 5) is 0. The number of anilines is 1. The number of rotatable bonds is 3. The second-order valence-electron chi connectivity index (χ2n) is 4.53. The van der Waals surface area contributed by atoms with Crippen LogP contribution in [0.5, 0.6) is 0 Å². The lowest BCUT2D eigenvalue weighted by atomic mass is 10.2. The highest BCUT2D eigenvalue weighted by Gasteiger charge is 2.29. The summed E-state index contributed by atoms with van der Waals surface area (Å²) in [6.45, 7) is 3.21. The first kappa shape index (κ1) is 13.3. The fourth-order valence-electron chi connectivity index (χ4n) is 2.03. The summed E-state index contributed by atoms with van der Waals surface area (Å²) in [6.07, 6.45) is 0. The number of nitrogen functional groups attached to an aromatic ring is 1. The third kappa shape index (κ3) is 3.01. The third-order valence-electron chi connectivity index (χ3n) is 2.99. The number of nitrogens with two attached hydrogens (primary N) is 1. The highest BCUT2D eigenvalue weighted by molar-refractivity contribution is 7.88. The minimum absolute atomic E-state index is 0.0115. The molecular weight excluding hydrogens is 252 g/mol. The Bertz CT molecular complexity index is 499. The Morgan fingerprint density at radius 1 is 1.39 bits per heavy atom. The second-order valence-corrected chi connectivity index (χ2v) is 6.45. The summed E-state index contributed by atoms with van der Waals surface area (Å²) in [7, 11) is -3.29. The second kappa shape index (κ2) is 5.26. The molecule has 100 valence electrons. The molecule has 0 amide bonds. The molecule has 1 aliphatic rings. The van der Waals surface area contributed by atoms with Crippen molar-refractivity contribution in [2.75, 3.05) is 25.5 Å². The normalized spacial score (nSPS) is 21.9. The van der Waals surface area contributed by atoms with Crippen LogP contribution < -0.4 is 5.73 Å². The molecule has 1 atom stereocenters. The Labute approximate surface area is 108 Å². The van der Waals surface area contributed by atoms with Crippen molar-refractivity contribution < 1.29 is 13.2 Å². The molecule has 1 fully saturated rings. The zero-order valence-electron chi connectivity index (χ0n) is 10.4. The van der Waals surface area contributed by atoms with E-state index in [1.807, 2.05) is 6.92 Å². The molecule has 1 aromatic carbocycles. The maximum Gasteiger partial charge on any atom is 0.218 e. The molecule has 2 rings (SSSR count). The number of morpholine rings is 1. The van der Waals surface area contributed by atoms with Gasteiger partial charge >= 0.3 is 0 Å². The predicted octanol–water partition coefficient (Wildman–Crippen LogP) is 0.819. The number of sulfonamides is 1. The molecule has 18 heavy (non-hydrogen) atoms. The smallest absolute Gasteiger partial charge is 0.218 e. The first-order chi connectivity index (χ1) is 8.49. The topological polar surface area (TPSA) is 72.6 Å². The lowest BCUT2D eigenvalue weighted by Crippen LogP contribution is -2.47. The fourth-order valence-corrected chi connectivity index (χ4v) is 3.77. The maximum absolute atomic E-state index is 12.3. The molecule has 1 aromatic rings. The van der Waals surface area contributed by atoms with Gasteiger partial charge in [-0.2, -0.15) is 4.31 Å². The molecule has 1 aliphatic heterocycles. The largest absolute Gasteiger partial charge is 0.399 e. The molecule has 0 aliphatic carbocycles. The van der Waals surface area contributed by atoms with Gasteiger partial charge in [0.2, 0.25) is 10.0 Å². The fraction of sp³-hybridized carbons (Fsp3) is 0.500. The van der Waals surface area contributed by atoms with Crippen molar-refractivity contribution in [2.24, 2.45) is 0 Å². The van der Waals surface area contributed by atoms with E-state index in [0.717, 1.165) is 5.56 Å². The molecular formula is C12H18N2O3S. The number of nitrogens with zero attached hydrogens (tertiary/aromatic N) is 1. The molecule has 0 spiro atoms. The SMILES string of the molecule is C[C@@H]1COCCN1S(=O)(=O)Cc1ccc(N)cc1. The Morgan fingerprint density at radius 3 is 2.67 bits per heavy atom. The highest BCUT2D eigenvalue weighted by atomic mass is 32.2. The number of hydrogen-bond acceptors (Lipinski definition) is 4. The molecule has 0 radical (unpaired) electrons. The molecule has 1 heterocycles. The third-order valence-corrected chi connectivity index (χ3v) is 4.95. The summed E-state index contributed by atoms with van der Waals surface area (Å²) < 4.78 is 31.4. The van der Waals surface area contributed by atoms with Crippen LogP contribution in [0.15, 0.2) is 24.3 Å². The standard InChI is InChI=1S/C12H18N2O3S/c1-10-8-17-7-6-14(10)18(15,16)9-11-2-4-12(13)5-3-11/h2-5,10H,6-9,13H2,1H3/t10-/m1/s1. The van der Waals surface area contributed by atoms with Crippen molar-refractivity contribution in [3.63, 3.8) is 0 Å². The van der Waals surface area contributed by atoms with Crippen LogP contribution >= 0.6 is 0 Å². The number of hydrogen-bond donors (Lipinski definition) is 1. The van der Waals surface area contributed by atoms with E-state index in [4.69, 9.17) is 10.5 Å². The van der Waals surface area contributed by atoms with Crippen molar-refractivity contribution in [1.29, 1.82) is 0 Å². The van der Waals surface area contributed by atoms with Crippen molar-refractivity contribution in [1.82, 2.24) is 4.31 Å². The van der Waals surface area contributed by atoms with Gasteiger partial charge in [0.15, 0.2) is 0 Å². The van der Waals surface area contributed by atoms with Crippen molar-refractivity contribution in [2.45, 2.75) is 18.7 Å². The number of benzene rings is 1. The van der Waals surface area contributed by atoms with Crippen molar-refractivity contribution in [3.05, 3.63) is 29.8 Å². The summed E-state index contributed by atoms with van der Waals surface area (Å²) in [5.74, 6) is 0.0115. The quantitative estimate of drug-likeness (QED) is 0.825. The number of ether oxygens (including phenoxy) is 1. The van der Waals surface area contributed by atoms with E-state index >= 15 is 0 Å². The molecule has 5 nitrogen and oxygen atoms in total. The van der Waals surface area contributed by atoms with Gasteiger partial charge in [0, 0.05) is 18.3 Å². The van der Waals surface area contributed by atoms with E-state index in [1.54, 1.807) is 24.3 Å². The van der Waals surface area contributed by atoms with Crippen LogP contribution in [-0.4, -0.2) is 38.5 Å². The summed E-state index contributed by atoms with van der Waals surface area (Å²) in [5, 5.41) is 0. The van der Waals surface area contributed by atoms with E-state index in [9.17, 15) is 8.42 Å². The summed E-state index contributed by atoms with van der Waals surface area (Å²) >= 11 is 0. The first-order valence-electron chi connectivity index (χ1n) is 5.91. The molecule has 2 N–H and O–H groups in total. The zero-order chi connectivity index (χ0) is 13.2. The van der Waals surface area contributed by atoms with Crippen LogP contribution in [-0.2, 0) is 20.5 Å².